The Bertz CT molecular complexity index is 1030. The van der Waals surface area contributed by atoms with Crippen LogP contribution in [0.5, 0.6) is 0 Å². The number of aliphatic hydroxyl groups is 1. The Labute approximate surface area is 172 Å². The molecule has 0 amide bonds. The number of hydrogen-bond acceptors (Lipinski definition) is 6. The minimum Gasteiger partial charge on any atom is -0.512 e. The smallest absolute Gasteiger partial charge is 0.265 e. The van der Waals surface area contributed by atoms with Crippen LogP contribution in [-0.4, -0.2) is 46.2 Å². The van der Waals surface area contributed by atoms with Crippen molar-refractivity contribution in [3.63, 3.8) is 0 Å². The number of benzene rings is 1. The zero-order valence-corrected chi connectivity index (χ0v) is 17.3. The molecule has 1 aromatic carbocycles. The zero-order valence-electron chi connectivity index (χ0n) is 14.9. The van der Waals surface area contributed by atoms with Crippen molar-refractivity contribution in [1.29, 1.82) is 10.7 Å². The second-order valence-electron chi connectivity index (χ2n) is 6.69. The van der Waals surface area contributed by atoms with Crippen LogP contribution in [0.3, 0.4) is 0 Å². The van der Waals surface area contributed by atoms with Crippen LogP contribution >= 0.6 is 23.4 Å². The van der Waals surface area contributed by atoms with E-state index in [1.807, 2.05) is 6.92 Å². The summed E-state index contributed by atoms with van der Waals surface area (Å²) in [7, 11) is -4.11. The SMILES string of the molecule is CC12C(=C(C#N)C(=N)N1c1ccc(Cl)cc1)C=C(O)CC2SCCS(=O)(=O)O. The average Bonchev–Trinajstić information content (AvgIpc) is 2.82. The molecule has 1 aliphatic carbocycles. The molecule has 0 spiro atoms. The number of nitrogens with zero attached hydrogens (tertiary/aromatic N) is 2. The summed E-state index contributed by atoms with van der Waals surface area (Å²) in [6.45, 7) is 1.86. The topological polar surface area (TPSA) is 125 Å². The Kier molecular flexibility index (Phi) is 5.51. The molecule has 3 rings (SSSR count). The van der Waals surface area contributed by atoms with E-state index in [2.05, 4.69) is 6.07 Å². The Balaban J connectivity index is 2.07. The molecular formula is C18H18ClN3O4S2. The fourth-order valence-corrected chi connectivity index (χ4v) is 6.10. The maximum Gasteiger partial charge on any atom is 0.265 e. The van der Waals surface area contributed by atoms with E-state index in [4.69, 9.17) is 21.6 Å². The van der Waals surface area contributed by atoms with E-state index in [1.54, 1.807) is 29.2 Å². The summed E-state index contributed by atoms with van der Waals surface area (Å²) in [4.78, 5) is 1.71. The predicted molar refractivity (Wildman–Crippen MR) is 111 cm³/mol. The van der Waals surface area contributed by atoms with Gasteiger partial charge in [-0.2, -0.15) is 25.4 Å². The first kappa shape index (κ1) is 20.7. The number of hydrogen-bond donors (Lipinski definition) is 3. The highest BCUT2D eigenvalue weighted by Gasteiger charge is 2.53. The van der Waals surface area contributed by atoms with Gasteiger partial charge in [-0.3, -0.25) is 9.96 Å². The minimum absolute atomic E-state index is 0.00801. The first-order chi connectivity index (χ1) is 13.1. The van der Waals surface area contributed by atoms with Crippen LogP contribution in [0.15, 0.2) is 47.2 Å². The predicted octanol–water partition coefficient (Wildman–Crippen LogP) is 3.55. The lowest BCUT2D eigenvalue weighted by Gasteiger charge is -2.45. The van der Waals surface area contributed by atoms with Gasteiger partial charge in [-0.1, -0.05) is 11.6 Å². The molecule has 0 fully saturated rings. The summed E-state index contributed by atoms with van der Waals surface area (Å²) in [5.41, 5.74) is 0.480. The number of thioether (sulfide) groups is 1. The number of halogens is 1. The molecule has 1 heterocycles. The lowest BCUT2D eigenvalue weighted by atomic mass is 9.81. The Morgan fingerprint density at radius 3 is 2.64 bits per heavy atom. The highest BCUT2D eigenvalue weighted by Crippen LogP contribution is 2.50. The van der Waals surface area contributed by atoms with Crippen molar-refractivity contribution < 1.29 is 18.1 Å². The molecule has 0 radical (unpaired) electrons. The number of nitriles is 1. The van der Waals surface area contributed by atoms with Crippen molar-refractivity contribution in [1.82, 2.24) is 0 Å². The largest absolute Gasteiger partial charge is 0.512 e. The van der Waals surface area contributed by atoms with Gasteiger partial charge in [-0.15, -0.1) is 0 Å². The van der Waals surface area contributed by atoms with Crippen LogP contribution < -0.4 is 4.90 Å². The first-order valence-corrected chi connectivity index (χ1v) is 11.4. The van der Waals surface area contributed by atoms with E-state index in [-0.39, 0.29) is 34.6 Å². The molecular weight excluding hydrogens is 422 g/mol. The van der Waals surface area contributed by atoms with Crippen molar-refractivity contribution in [2.24, 2.45) is 0 Å². The maximum atomic E-state index is 11.1. The van der Waals surface area contributed by atoms with E-state index >= 15 is 0 Å². The third-order valence-electron chi connectivity index (χ3n) is 4.93. The van der Waals surface area contributed by atoms with E-state index in [9.17, 15) is 18.8 Å². The fourth-order valence-electron chi connectivity index (χ4n) is 3.61. The van der Waals surface area contributed by atoms with Gasteiger partial charge >= 0.3 is 0 Å². The van der Waals surface area contributed by atoms with E-state index < -0.39 is 21.4 Å². The number of amidine groups is 1. The highest BCUT2D eigenvalue weighted by molar-refractivity contribution is 8.00. The number of rotatable bonds is 5. The van der Waals surface area contributed by atoms with Gasteiger partial charge in [0.15, 0.2) is 0 Å². The lowest BCUT2D eigenvalue weighted by molar-refractivity contribution is 0.356. The standard InChI is InChI=1S/C18H18ClN3O4S2/c1-18-15(8-13(23)9-16(18)27-6-7-28(24,25)26)14(10-20)17(21)22(18)12-4-2-11(19)3-5-12/h2-5,8,16,21,23H,6-7,9H2,1H3,(H,24,25,26). The Hall–Kier alpha value is -1.99. The van der Waals surface area contributed by atoms with Gasteiger partial charge < -0.3 is 10.0 Å². The quantitative estimate of drug-likeness (QED) is 0.599. The van der Waals surface area contributed by atoms with Crippen LogP contribution in [0.25, 0.3) is 0 Å². The zero-order chi connectivity index (χ0) is 20.7. The summed E-state index contributed by atoms with van der Waals surface area (Å²) in [5, 5.41) is 28.6. The number of anilines is 1. The van der Waals surface area contributed by atoms with Crippen LogP contribution in [0.1, 0.15) is 13.3 Å². The van der Waals surface area contributed by atoms with Crippen LogP contribution in [-0.2, 0) is 10.1 Å². The molecule has 3 N–H and O–H groups in total. The first-order valence-electron chi connectivity index (χ1n) is 8.34. The number of aliphatic hydroxyl groups excluding tert-OH is 1. The molecule has 7 nitrogen and oxygen atoms in total. The van der Waals surface area contributed by atoms with Gasteiger partial charge in [0.2, 0.25) is 0 Å². The van der Waals surface area contributed by atoms with Gasteiger partial charge in [-0.05, 0) is 37.3 Å². The summed E-state index contributed by atoms with van der Waals surface area (Å²) in [5.74, 6) is -0.232. The minimum atomic E-state index is -4.11. The average molecular weight is 440 g/mol. The summed E-state index contributed by atoms with van der Waals surface area (Å²) >= 11 is 7.25. The van der Waals surface area contributed by atoms with Gasteiger partial charge in [0.25, 0.3) is 10.1 Å². The summed E-state index contributed by atoms with van der Waals surface area (Å²) in [6, 6.07) is 8.93. The van der Waals surface area contributed by atoms with Gasteiger partial charge in [0.1, 0.15) is 17.5 Å². The molecule has 0 saturated heterocycles. The molecule has 148 valence electrons. The normalized spacial score (nSPS) is 24.8. The fraction of sp³-hybridized carbons (Fsp3) is 0.333. The highest BCUT2D eigenvalue weighted by atomic mass is 35.5. The maximum absolute atomic E-state index is 11.1. The summed E-state index contributed by atoms with van der Waals surface area (Å²) in [6.07, 6.45) is 1.76. The molecule has 28 heavy (non-hydrogen) atoms. The molecule has 1 aliphatic heterocycles. The van der Waals surface area contributed by atoms with Crippen molar-refractivity contribution in [2.75, 3.05) is 16.4 Å². The second kappa shape index (κ2) is 7.44. The lowest BCUT2D eigenvalue weighted by Crippen LogP contribution is -2.54. The summed E-state index contributed by atoms with van der Waals surface area (Å²) < 4.78 is 31.2. The molecule has 2 unspecified atom stereocenters. The molecule has 0 aromatic heterocycles. The van der Waals surface area contributed by atoms with E-state index in [0.717, 1.165) is 0 Å². The number of fused-ring (bicyclic) bond motifs is 1. The van der Waals surface area contributed by atoms with Crippen molar-refractivity contribution >= 4 is 45.0 Å². The van der Waals surface area contributed by atoms with E-state index in [1.165, 1.54) is 17.8 Å². The number of nitrogens with one attached hydrogen (secondary N) is 1. The number of allylic oxidation sites excluding steroid dienone is 1. The monoisotopic (exact) mass is 439 g/mol. The van der Waals surface area contributed by atoms with Crippen molar-refractivity contribution in [3.8, 4) is 6.07 Å². The van der Waals surface area contributed by atoms with Crippen LogP contribution in [0.2, 0.25) is 5.02 Å². The third kappa shape index (κ3) is 3.65. The van der Waals surface area contributed by atoms with Crippen LogP contribution in [0, 0.1) is 16.7 Å². The molecule has 1 aromatic rings. The van der Waals surface area contributed by atoms with Gasteiger partial charge in [0.05, 0.1) is 17.1 Å². The van der Waals surface area contributed by atoms with E-state index in [0.29, 0.717) is 16.3 Å². The third-order valence-corrected chi connectivity index (χ3v) is 7.63. The molecule has 10 heteroatoms. The molecule has 0 saturated carbocycles. The van der Waals surface area contributed by atoms with Crippen molar-refractivity contribution in [3.05, 3.63) is 52.3 Å². The Morgan fingerprint density at radius 2 is 2.07 bits per heavy atom. The van der Waals surface area contributed by atoms with Gasteiger partial charge in [0, 0.05) is 33.7 Å². The molecule has 2 aliphatic rings. The van der Waals surface area contributed by atoms with Crippen LogP contribution in [0.4, 0.5) is 5.69 Å². The second-order valence-corrected chi connectivity index (χ2v) is 10.0. The molecule has 0 bridgehead atoms. The van der Waals surface area contributed by atoms with Crippen molar-refractivity contribution in [2.45, 2.75) is 24.1 Å². The molecule has 2 atom stereocenters. The Morgan fingerprint density at radius 1 is 1.43 bits per heavy atom. The van der Waals surface area contributed by atoms with Gasteiger partial charge in [-0.25, -0.2) is 0 Å².